The van der Waals surface area contributed by atoms with E-state index in [1.807, 2.05) is 0 Å². The van der Waals surface area contributed by atoms with Crippen LogP contribution in [0.2, 0.25) is 5.02 Å². The van der Waals surface area contributed by atoms with Crippen molar-refractivity contribution in [2.24, 2.45) is 0 Å². The van der Waals surface area contributed by atoms with Gasteiger partial charge in [-0.05, 0) is 19.1 Å². The molecule has 0 radical (unpaired) electrons. The van der Waals surface area contributed by atoms with E-state index in [0.29, 0.717) is 23.0 Å². The highest BCUT2D eigenvalue weighted by Crippen LogP contribution is 2.24. The summed E-state index contributed by atoms with van der Waals surface area (Å²) in [5.41, 5.74) is 1.17. The van der Waals surface area contributed by atoms with Gasteiger partial charge in [-0.3, -0.25) is 0 Å². The lowest BCUT2D eigenvalue weighted by atomic mass is 10.3. The van der Waals surface area contributed by atoms with E-state index in [2.05, 4.69) is 20.4 Å². The van der Waals surface area contributed by atoms with Crippen molar-refractivity contribution in [1.29, 1.82) is 0 Å². The Labute approximate surface area is 119 Å². The number of nitrogens with zero attached hydrogens (tertiary/aromatic N) is 4. The molecule has 0 aliphatic rings. The topological polar surface area (TPSA) is 55.6 Å². The van der Waals surface area contributed by atoms with Crippen molar-refractivity contribution in [1.82, 2.24) is 19.7 Å². The van der Waals surface area contributed by atoms with E-state index in [-0.39, 0.29) is 5.02 Å². The molecule has 1 aromatic carbocycles. The summed E-state index contributed by atoms with van der Waals surface area (Å²) in [4.78, 5) is 8.65. The second-order valence-corrected chi connectivity index (χ2v) is 4.67. The molecule has 3 aromatic rings. The average Bonchev–Trinajstić information content (AvgIpc) is 2.84. The van der Waals surface area contributed by atoms with Gasteiger partial charge >= 0.3 is 0 Å². The zero-order valence-electron chi connectivity index (χ0n) is 10.9. The van der Waals surface area contributed by atoms with Crippen molar-refractivity contribution in [3.8, 4) is 5.69 Å². The predicted octanol–water partition coefficient (Wildman–Crippen LogP) is 2.96. The van der Waals surface area contributed by atoms with Crippen LogP contribution in [0.1, 0.15) is 5.82 Å². The first kappa shape index (κ1) is 12.8. The third-order valence-corrected chi connectivity index (χ3v) is 3.23. The quantitative estimate of drug-likeness (QED) is 0.789. The molecule has 5 nitrogen and oxygen atoms in total. The van der Waals surface area contributed by atoms with Crippen LogP contribution in [0.5, 0.6) is 0 Å². The summed E-state index contributed by atoms with van der Waals surface area (Å²) in [6, 6.07) is 4.51. The van der Waals surface area contributed by atoms with Crippen LogP contribution in [0.15, 0.2) is 24.4 Å². The van der Waals surface area contributed by atoms with E-state index in [1.54, 1.807) is 30.9 Å². The van der Waals surface area contributed by atoms with Crippen LogP contribution in [0.4, 0.5) is 10.2 Å². The molecule has 102 valence electrons. The lowest BCUT2D eigenvalue weighted by molar-refractivity contribution is 0.626. The third-order valence-electron chi connectivity index (χ3n) is 2.92. The van der Waals surface area contributed by atoms with Gasteiger partial charge in [0.15, 0.2) is 5.65 Å². The second-order valence-electron chi connectivity index (χ2n) is 4.26. The number of hydrogen-bond donors (Lipinski definition) is 1. The molecule has 2 aromatic heterocycles. The summed E-state index contributed by atoms with van der Waals surface area (Å²) in [5, 5.41) is 8.09. The fraction of sp³-hybridized carbons (Fsp3) is 0.154. The number of benzene rings is 1. The molecule has 0 atom stereocenters. The number of fused-ring (bicyclic) bond motifs is 1. The van der Waals surface area contributed by atoms with Gasteiger partial charge in [0.2, 0.25) is 0 Å². The molecule has 3 rings (SSSR count). The highest BCUT2D eigenvalue weighted by Gasteiger charge is 2.12. The largest absolute Gasteiger partial charge is 0.372 e. The molecular weight excluding hydrogens is 281 g/mol. The summed E-state index contributed by atoms with van der Waals surface area (Å²) >= 11 is 5.69. The maximum absolute atomic E-state index is 13.6. The highest BCUT2D eigenvalue weighted by atomic mass is 35.5. The molecule has 0 aliphatic heterocycles. The Morgan fingerprint density at radius 2 is 2.10 bits per heavy atom. The Kier molecular flexibility index (Phi) is 3.02. The van der Waals surface area contributed by atoms with Crippen LogP contribution in [-0.2, 0) is 0 Å². The predicted molar refractivity (Wildman–Crippen MR) is 75.9 cm³/mol. The molecule has 0 bridgehead atoms. The minimum absolute atomic E-state index is 0.0759. The minimum Gasteiger partial charge on any atom is -0.372 e. The van der Waals surface area contributed by atoms with Crippen molar-refractivity contribution < 1.29 is 4.39 Å². The Morgan fingerprint density at radius 3 is 2.80 bits per heavy atom. The number of halogens is 2. The summed E-state index contributed by atoms with van der Waals surface area (Å²) in [6.07, 6.45) is 1.65. The van der Waals surface area contributed by atoms with Gasteiger partial charge in [-0.15, -0.1) is 0 Å². The summed E-state index contributed by atoms with van der Waals surface area (Å²) in [7, 11) is 1.78. The average molecular weight is 292 g/mol. The summed E-state index contributed by atoms with van der Waals surface area (Å²) < 4.78 is 15.1. The van der Waals surface area contributed by atoms with Crippen molar-refractivity contribution >= 4 is 28.5 Å². The van der Waals surface area contributed by atoms with Crippen molar-refractivity contribution in [3.05, 3.63) is 41.1 Å². The van der Waals surface area contributed by atoms with E-state index in [1.165, 1.54) is 12.1 Å². The standard InChI is InChI=1S/C13H11ClFN5/c1-7-18-12(16-2)9-6-17-20(13(9)19-7)8-3-4-10(14)11(15)5-8/h3-6H,1-2H3,(H,16,18,19). The van der Waals surface area contributed by atoms with Crippen LogP contribution >= 0.6 is 11.6 Å². The molecule has 0 aliphatic carbocycles. The summed E-state index contributed by atoms with van der Waals surface area (Å²) in [6.45, 7) is 1.79. The zero-order chi connectivity index (χ0) is 14.3. The fourth-order valence-electron chi connectivity index (χ4n) is 2.01. The highest BCUT2D eigenvalue weighted by molar-refractivity contribution is 6.30. The van der Waals surface area contributed by atoms with Gasteiger partial charge in [0.05, 0.1) is 22.3 Å². The molecule has 0 fully saturated rings. The molecule has 2 heterocycles. The molecule has 20 heavy (non-hydrogen) atoms. The first-order chi connectivity index (χ1) is 9.60. The third kappa shape index (κ3) is 1.98. The number of aryl methyl sites for hydroxylation is 1. The molecule has 0 spiro atoms. The number of hydrogen-bond acceptors (Lipinski definition) is 4. The molecule has 0 saturated heterocycles. The van der Waals surface area contributed by atoms with E-state index < -0.39 is 5.82 Å². The Hall–Kier alpha value is -2.21. The van der Waals surface area contributed by atoms with E-state index in [0.717, 1.165) is 5.39 Å². The van der Waals surface area contributed by atoms with Crippen molar-refractivity contribution in [2.45, 2.75) is 6.92 Å². The van der Waals surface area contributed by atoms with Gasteiger partial charge in [-0.25, -0.2) is 19.0 Å². The number of aromatic nitrogens is 4. The monoisotopic (exact) mass is 291 g/mol. The normalized spacial score (nSPS) is 11.0. The molecule has 7 heteroatoms. The molecule has 0 saturated carbocycles. The SMILES string of the molecule is CNc1nc(C)nc2c1cnn2-c1ccc(Cl)c(F)c1. The van der Waals surface area contributed by atoms with Crippen molar-refractivity contribution in [3.63, 3.8) is 0 Å². The number of nitrogens with one attached hydrogen (secondary N) is 1. The lowest BCUT2D eigenvalue weighted by Crippen LogP contribution is -2.02. The number of anilines is 1. The maximum Gasteiger partial charge on any atom is 0.168 e. The first-order valence-corrected chi connectivity index (χ1v) is 6.33. The van der Waals surface area contributed by atoms with E-state index in [9.17, 15) is 4.39 Å². The van der Waals surface area contributed by atoms with Crippen LogP contribution in [0.3, 0.4) is 0 Å². The molecule has 0 unspecified atom stereocenters. The van der Waals surface area contributed by atoms with Gasteiger partial charge in [0.25, 0.3) is 0 Å². The Balaban J connectivity index is 2.26. The maximum atomic E-state index is 13.6. The molecule has 0 amide bonds. The molecular formula is C13H11ClFN5. The van der Waals surface area contributed by atoms with Crippen LogP contribution in [0, 0.1) is 12.7 Å². The Morgan fingerprint density at radius 1 is 1.30 bits per heavy atom. The van der Waals surface area contributed by atoms with Crippen molar-refractivity contribution in [2.75, 3.05) is 12.4 Å². The van der Waals surface area contributed by atoms with Crippen LogP contribution in [-0.4, -0.2) is 26.8 Å². The first-order valence-electron chi connectivity index (χ1n) is 5.95. The van der Waals surface area contributed by atoms with Gasteiger partial charge in [-0.1, -0.05) is 11.6 Å². The van der Waals surface area contributed by atoms with E-state index in [4.69, 9.17) is 11.6 Å². The van der Waals surface area contributed by atoms with Gasteiger partial charge < -0.3 is 5.32 Å². The van der Waals surface area contributed by atoms with Gasteiger partial charge in [0.1, 0.15) is 17.5 Å². The Bertz CT molecular complexity index is 799. The minimum atomic E-state index is -0.493. The van der Waals surface area contributed by atoms with Gasteiger partial charge in [0, 0.05) is 13.1 Å². The number of rotatable bonds is 2. The smallest absolute Gasteiger partial charge is 0.168 e. The van der Waals surface area contributed by atoms with Gasteiger partial charge in [-0.2, -0.15) is 5.10 Å². The zero-order valence-corrected chi connectivity index (χ0v) is 11.6. The van der Waals surface area contributed by atoms with Crippen LogP contribution in [0.25, 0.3) is 16.7 Å². The molecule has 1 N–H and O–H groups in total. The lowest BCUT2D eigenvalue weighted by Gasteiger charge is -2.06. The summed E-state index contributed by atoms with van der Waals surface area (Å²) in [5.74, 6) is 0.804. The second kappa shape index (κ2) is 4.72. The fourth-order valence-corrected chi connectivity index (χ4v) is 2.13. The van der Waals surface area contributed by atoms with E-state index >= 15 is 0 Å². The van der Waals surface area contributed by atoms with Crippen LogP contribution < -0.4 is 5.32 Å².